The fourth-order valence-corrected chi connectivity index (χ4v) is 4.69. The van der Waals surface area contributed by atoms with Crippen molar-refractivity contribution in [2.75, 3.05) is 0 Å². The quantitative estimate of drug-likeness (QED) is 0.413. The lowest BCUT2D eigenvalue weighted by Gasteiger charge is -2.33. The lowest BCUT2D eigenvalue weighted by Crippen LogP contribution is -2.26. The Morgan fingerprint density at radius 1 is 1.06 bits per heavy atom. The zero-order valence-corrected chi connectivity index (χ0v) is 18.9. The molecule has 2 fully saturated rings. The van der Waals surface area contributed by atoms with E-state index in [0.29, 0.717) is 40.8 Å². The van der Waals surface area contributed by atoms with Crippen LogP contribution in [0.2, 0.25) is 0 Å². The number of aryl methyl sites for hydroxylation is 1. The Bertz CT molecular complexity index is 1390. The van der Waals surface area contributed by atoms with Crippen LogP contribution in [-0.2, 0) is 4.74 Å². The number of ether oxygens (including phenoxy) is 1. The average Bonchev–Trinajstić information content (AvgIpc) is 3.54. The van der Waals surface area contributed by atoms with Crippen LogP contribution in [0.15, 0.2) is 36.8 Å². The Morgan fingerprint density at radius 3 is 2.71 bits per heavy atom. The highest BCUT2D eigenvalue weighted by Crippen LogP contribution is 2.41. The zero-order chi connectivity index (χ0) is 23.4. The third-order valence-corrected chi connectivity index (χ3v) is 6.52. The van der Waals surface area contributed by atoms with Crippen molar-refractivity contribution in [1.82, 2.24) is 29.7 Å². The van der Waals surface area contributed by atoms with E-state index in [2.05, 4.69) is 21.3 Å². The van der Waals surface area contributed by atoms with Crippen LogP contribution in [0.1, 0.15) is 67.8 Å². The molecule has 0 bridgehead atoms. The monoisotopic (exact) mass is 462 g/mol. The van der Waals surface area contributed by atoms with Crippen LogP contribution in [0.3, 0.4) is 0 Å². The van der Waals surface area contributed by atoms with Gasteiger partial charge in [0.05, 0.1) is 30.1 Å². The smallest absolute Gasteiger partial charge is 0.182 e. The van der Waals surface area contributed by atoms with Crippen LogP contribution in [-0.4, -0.2) is 35.8 Å². The second-order valence-electron chi connectivity index (χ2n) is 9.33. The third kappa shape index (κ3) is 3.94. The summed E-state index contributed by atoms with van der Waals surface area (Å²) in [4.78, 5) is 18.5. The van der Waals surface area contributed by atoms with Gasteiger partial charge in [0.15, 0.2) is 5.65 Å². The standard InChI is InChI=1S/C25H24F2N6O/c1-13-10-28-23-22(19-6-3-17(26)9-20(19)27)31-24(32-25(23)30-13)15-7-14(2)34-21(8-15)16-11-29-33(12-16)18-4-5-18/h3,6,9-12,14-15,18,21H,4-5,7-8H2,1-2H3/t14-,15-,21-/m0/s1. The maximum absolute atomic E-state index is 14.8. The first-order valence-electron chi connectivity index (χ1n) is 11.6. The topological polar surface area (TPSA) is 78.6 Å². The van der Waals surface area contributed by atoms with Gasteiger partial charge in [-0.2, -0.15) is 5.10 Å². The van der Waals surface area contributed by atoms with Gasteiger partial charge in [0.1, 0.15) is 28.7 Å². The molecule has 1 aromatic carbocycles. The summed E-state index contributed by atoms with van der Waals surface area (Å²) in [6.07, 6.45) is 9.15. The summed E-state index contributed by atoms with van der Waals surface area (Å²) < 4.78 is 36.6. The number of rotatable bonds is 4. The molecule has 4 heterocycles. The van der Waals surface area contributed by atoms with Crippen LogP contribution in [0, 0.1) is 18.6 Å². The van der Waals surface area contributed by atoms with Crippen molar-refractivity contribution in [2.45, 2.75) is 63.7 Å². The Balaban J connectivity index is 1.41. The summed E-state index contributed by atoms with van der Waals surface area (Å²) in [6.45, 7) is 3.87. The van der Waals surface area contributed by atoms with Crippen molar-refractivity contribution in [3.63, 3.8) is 0 Å². The zero-order valence-electron chi connectivity index (χ0n) is 18.9. The van der Waals surface area contributed by atoms with Crippen molar-refractivity contribution < 1.29 is 13.5 Å². The molecule has 1 aliphatic carbocycles. The minimum Gasteiger partial charge on any atom is -0.370 e. The molecule has 9 heteroatoms. The second kappa shape index (κ2) is 8.16. The molecule has 3 aromatic heterocycles. The Kier molecular flexibility index (Phi) is 5.09. The van der Waals surface area contributed by atoms with Gasteiger partial charge in [-0.3, -0.25) is 4.68 Å². The number of nitrogens with zero attached hydrogens (tertiary/aromatic N) is 6. The van der Waals surface area contributed by atoms with E-state index >= 15 is 0 Å². The summed E-state index contributed by atoms with van der Waals surface area (Å²) in [5.41, 5.74) is 3.04. The van der Waals surface area contributed by atoms with Gasteiger partial charge >= 0.3 is 0 Å². The number of aromatic nitrogens is 6. The average molecular weight is 463 g/mol. The van der Waals surface area contributed by atoms with E-state index in [1.165, 1.54) is 25.0 Å². The van der Waals surface area contributed by atoms with Crippen molar-refractivity contribution in [3.05, 3.63) is 65.5 Å². The van der Waals surface area contributed by atoms with Crippen molar-refractivity contribution in [2.24, 2.45) is 0 Å². The molecule has 1 aliphatic heterocycles. The molecule has 1 saturated carbocycles. The van der Waals surface area contributed by atoms with Crippen LogP contribution in [0.5, 0.6) is 0 Å². The molecule has 34 heavy (non-hydrogen) atoms. The minimum absolute atomic E-state index is 0.0121. The Hall–Kier alpha value is -3.33. The van der Waals surface area contributed by atoms with E-state index < -0.39 is 11.6 Å². The van der Waals surface area contributed by atoms with Crippen LogP contribution in [0.25, 0.3) is 22.4 Å². The molecule has 4 aromatic rings. The third-order valence-electron chi connectivity index (χ3n) is 6.52. The highest BCUT2D eigenvalue weighted by molar-refractivity contribution is 5.86. The first-order chi connectivity index (χ1) is 16.4. The lowest BCUT2D eigenvalue weighted by molar-refractivity contribution is -0.0511. The summed E-state index contributed by atoms with van der Waals surface area (Å²) >= 11 is 0. The molecule has 6 rings (SSSR count). The van der Waals surface area contributed by atoms with Gasteiger partial charge < -0.3 is 4.74 Å². The van der Waals surface area contributed by atoms with Crippen molar-refractivity contribution in [3.8, 4) is 11.3 Å². The van der Waals surface area contributed by atoms with E-state index in [1.54, 1.807) is 6.20 Å². The maximum Gasteiger partial charge on any atom is 0.182 e. The van der Waals surface area contributed by atoms with E-state index in [1.807, 2.05) is 24.7 Å². The van der Waals surface area contributed by atoms with Gasteiger partial charge in [0, 0.05) is 35.5 Å². The molecule has 2 aliphatic rings. The molecule has 1 saturated heterocycles. The van der Waals surface area contributed by atoms with E-state index in [0.717, 1.165) is 18.1 Å². The van der Waals surface area contributed by atoms with Crippen molar-refractivity contribution >= 4 is 11.2 Å². The first kappa shape index (κ1) is 21.2. The molecular formula is C25H24F2N6O. The minimum atomic E-state index is -0.695. The SMILES string of the molecule is Cc1cnc2c(-c3ccc(F)cc3F)nc([C@@H]3C[C@@H](c4cnn(C5CC5)c4)O[C@@H](C)C3)nc2n1. The normalized spacial score (nSPS) is 22.9. The molecular weight excluding hydrogens is 438 g/mol. The molecule has 3 atom stereocenters. The molecule has 0 amide bonds. The number of fused-ring (bicyclic) bond motifs is 1. The predicted octanol–water partition coefficient (Wildman–Crippen LogP) is 5.23. The first-order valence-corrected chi connectivity index (χ1v) is 11.6. The summed E-state index contributed by atoms with van der Waals surface area (Å²) in [5.74, 6) is -0.790. The summed E-state index contributed by atoms with van der Waals surface area (Å²) in [7, 11) is 0. The van der Waals surface area contributed by atoms with Gasteiger partial charge in [0.2, 0.25) is 0 Å². The second-order valence-corrected chi connectivity index (χ2v) is 9.33. The Morgan fingerprint density at radius 2 is 1.91 bits per heavy atom. The van der Waals surface area contributed by atoms with Gasteiger partial charge in [-0.25, -0.2) is 28.7 Å². The van der Waals surface area contributed by atoms with Crippen LogP contribution >= 0.6 is 0 Å². The van der Waals surface area contributed by atoms with Crippen LogP contribution in [0.4, 0.5) is 8.78 Å². The van der Waals surface area contributed by atoms with Gasteiger partial charge in [0.25, 0.3) is 0 Å². The molecule has 0 N–H and O–H groups in total. The molecule has 174 valence electrons. The highest BCUT2D eigenvalue weighted by atomic mass is 19.1. The molecule has 0 spiro atoms. The number of hydrogen-bond donors (Lipinski definition) is 0. The maximum atomic E-state index is 14.8. The highest BCUT2D eigenvalue weighted by Gasteiger charge is 2.33. The molecule has 7 nitrogen and oxygen atoms in total. The predicted molar refractivity (Wildman–Crippen MR) is 121 cm³/mol. The molecule has 0 unspecified atom stereocenters. The number of hydrogen-bond acceptors (Lipinski definition) is 6. The van der Waals surface area contributed by atoms with Crippen molar-refractivity contribution in [1.29, 1.82) is 0 Å². The van der Waals surface area contributed by atoms with Gasteiger partial charge in [-0.1, -0.05) is 0 Å². The fourth-order valence-electron chi connectivity index (χ4n) is 4.69. The fraction of sp³-hybridized carbons (Fsp3) is 0.400. The Labute approximate surface area is 195 Å². The van der Waals surface area contributed by atoms with E-state index in [4.69, 9.17) is 14.7 Å². The van der Waals surface area contributed by atoms with Crippen LogP contribution < -0.4 is 0 Å². The molecule has 0 radical (unpaired) electrons. The number of benzene rings is 1. The summed E-state index contributed by atoms with van der Waals surface area (Å²) in [6, 6.07) is 3.97. The lowest BCUT2D eigenvalue weighted by atomic mass is 9.89. The van der Waals surface area contributed by atoms with Gasteiger partial charge in [-0.15, -0.1) is 0 Å². The van der Waals surface area contributed by atoms with Gasteiger partial charge in [-0.05, 0) is 51.7 Å². The van der Waals surface area contributed by atoms with E-state index in [-0.39, 0.29) is 23.7 Å². The summed E-state index contributed by atoms with van der Waals surface area (Å²) in [5, 5.41) is 4.51. The number of halogens is 2. The largest absolute Gasteiger partial charge is 0.370 e. The van der Waals surface area contributed by atoms with E-state index in [9.17, 15) is 8.78 Å².